The first kappa shape index (κ1) is 13.1. The molecule has 0 aromatic heterocycles. The van der Waals surface area contributed by atoms with Gasteiger partial charge in [-0.05, 0) is 31.0 Å². The highest BCUT2D eigenvalue weighted by molar-refractivity contribution is 5.65. The molecular formula is C14H21FN2O. The molecule has 0 radical (unpaired) electrons. The molecule has 2 rings (SSSR count). The second kappa shape index (κ2) is 6.59. The molecule has 0 aliphatic heterocycles. The molecule has 18 heavy (non-hydrogen) atoms. The molecule has 0 unspecified atom stereocenters. The fourth-order valence-electron chi connectivity index (χ4n) is 2.34. The van der Waals surface area contributed by atoms with Gasteiger partial charge in [-0.15, -0.1) is 0 Å². The molecule has 1 saturated carbocycles. The zero-order valence-corrected chi connectivity index (χ0v) is 10.6. The third kappa shape index (κ3) is 3.88. The van der Waals surface area contributed by atoms with Gasteiger partial charge in [0.15, 0.2) is 0 Å². The number of hydrogen-bond acceptors (Lipinski definition) is 3. The lowest BCUT2D eigenvalue weighted by molar-refractivity contribution is 0.0347. The van der Waals surface area contributed by atoms with Gasteiger partial charge in [-0.2, -0.15) is 0 Å². The maximum Gasteiger partial charge on any atom is 0.125 e. The molecule has 3 N–H and O–H groups in total. The second-order valence-corrected chi connectivity index (χ2v) is 4.79. The van der Waals surface area contributed by atoms with E-state index in [4.69, 9.17) is 10.5 Å². The Bertz CT molecular complexity index is 378. The van der Waals surface area contributed by atoms with Crippen molar-refractivity contribution in [1.82, 2.24) is 0 Å². The van der Waals surface area contributed by atoms with Gasteiger partial charge in [0.2, 0.25) is 0 Å². The SMILES string of the molecule is Nc1cc(F)ccc1NCCOC1CCCCC1. The average molecular weight is 252 g/mol. The van der Waals surface area contributed by atoms with Gasteiger partial charge in [-0.1, -0.05) is 19.3 Å². The van der Waals surface area contributed by atoms with Gasteiger partial charge in [0.1, 0.15) is 5.82 Å². The number of nitrogens with two attached hydrogens (primary N) is 1. The summed E-state index contributed by atoms with van der Waals surface area (Å²) in [5.74, 6) is -0.309. The molecule has 0 saturated heterocycles. The Hall–Kier alpha value is -1.29. The summed E-state index contributed by atoms with van der Waals surface area (Å²) in [6, 6.07) is 4.39. The topological polar surface area (TPSA) is 47.3 Å². The smallest absolute Gasteiger partial charge is 0.125 e. The van der Waals surface area contributed by atoms with Crippen LogP contribution in [0, 0.1) is 5.82 Å². The Balaban J connectivity index is 1.68. The van der Waals surface area contributed by atoms with Crippen LogP contribution >= 0.6 is 0 Å². The molecular weight excluding hydrogens is 231 g/mol. The number of halogens is 1. The normalized spacial score (nSPS) is 16.7. The van der Waals surface area contributed by atoms with Crippen molar-refractivity contribution < 1.29 is 9.13 Å². The molecule has 0 spiro atoms. The summed E-state index contributed by atoms with van der Waals surface area (Å²) in [5.41, 5.74) is 6.91. The summed E-state index contributed by atoms with van der Waals surface area (Å²) in [7, 11) is 0. The number of anilines is 2. The van der Waals surface area contributed by atoms with E-state index in [0.29, 0.717) is 24.9 Å². The third-order valence-corrected chi connectivity index (χ3v) is 3.34. The first-order valence-electron chi connectivity index (χ1n) is 6.66. The van der Waals surface area contributed by atoms with E-state index in [1.54, 1.807) is 6.07 Å². The summed E-state index contributed by atoms with van der Waals surface area (Å²) >= 11 is 0. The predicted molar refractivity (Wildman–Crippen MR) is 72.1 cm³/mol. The van der Waals surface area contributed by atoms with Crippen LogP contribution in [0.4, 0.5) is 15.8 Å². The van der Waals surface area contributed by atoms with Gasteiger partial charge in [0.05, 0.1) is 24.1 Å². The number of hydrogen-bond donors (Lipinski definition) is 2. The standard InChI is InChI=1S/C14H21FN2O/c15-11-6-7-14(13(16)10-11)17-8-9-18-12-4-2-1-3-5-12/h6-7,10,12,17H,1-5,8-9,16H2. The molecule has 1 aliphatic rings. The van der Waals surface area contributed by atoms with Crippen LogP contribution in [0.25, 0.3) is 0 Å². The van der Waals surface area contributed by atoms with Gasteiger partial charge in [0.25, 0.3) is 0 Å². The Morgan fingerprint density at radius 3 is 2.78 bits per heavy atom. The minimum atomic E-state index is -0.309. The van der Waals surface area contributed by atoms with Crippen molar-refractivity contribution in [2.24, 2.45) is 0 Å². The van der Waals surface area contributed by atoms with Gasteiger partial charge < -0.3 is 15.8 Å². The number of benzene rings is 1. The summed E-state index contributed by atoms with van der Waals surface area (Å²) in [6.45, 7) is 1.37. The maximum absolute atomic E-state index is 12.8. The molecule has 3 nitrogen and oxygen atoms in total. The molecule has 100 valence electrons. The van der Waals surface area contributed by atoms with E-state index in [0.717, 1.165) is 5.69 Å². The van der Waals surface area contributed by atoms with E-state index in [1.165, 1.54) is 44.2 Å². The van der Waals surface area contributed by atoms with E-state index in [2.05, 4.69) is 5.32 Å². The second-order valence-electron chi connectivity index (χ2n) is 4.79. The Labute approximate surface area is 108 Å². The molecule has 0 bridgehead atoms. The summed E-state index contributed by atoms with van der Waals surface area (Å²) in [6.07, 6.45) is 6.68. The molecule has 0 heterocycles. The monoisotopic (exact) mass is 252 g/mol. The molecule has 1 aliphatic carbocycles. The van der Waals surface area contributed by atoms with Crippen LogP contribution in [0.5, 0.6) is 0 Å². The molecule has 0 atom stereocenters. The number of nitrogen functional groups attached to an aromatic ring is 1. The molecule has 4 heteroatoms. The van der Waals surface area contributed by atoms with Crippen molar-refractivity contribution in [3.63, 3.8) is 0 Å². The zero-order valence-electron chi connectivity index (χ0n) is 10.6. The van der Waals surface area contributed by atoms with Crippen LogP contribution in [0.3, 0.4) is 0 Å². The van der Waals surface area contributed by atoms with Crippen LogP contribution < -0.4 is 11.1 Å². The van der Waals surface area contributed by atoms with Gasteiger partial charge in [0, 0.05) is 6.54 Å². The average Bonchev–Trinajstić information content (AvgIpc) is 2.38. The predicted octanol–water partition coefficient (Wildman–Crippen LogP) is 3.17. The molecule has 1 aromatic carbocycles. The lowest BCUT2D eigenvalue weighted by Crippen LogP contribution is -2.20. The summed E-state index contributed by atoms with van der Waals surface area (Å²) in [5, 5.41) is 3.16. The fourth-order valence-corrected chi connectivity index (χ4v) is 2.34. The van der Waals surface area contributed by atoms with Crippen molar-refractivity contribution in [3.05, 3.63) is 24.0 Å². The van der Waals surface area contributed by atoms with E-state index < -0.39 is 0 Å². The number of rotatable bonds is 5. The molecule has 1 aromatic rings. The number of nitrogens with one attached hydrogen (secondary N) is 1. The first-order chi connectivity index (χ1) is 8.75. The Kier molecular flexibility index (Phi) is 4.81. The minimum Gasteiger partial charge on any atom is -0.397 e. The highest BCUT2D eigenvalue weighted by atomic mass is 19.1. The lowest BCUT2D eigenvalue weighted by Gasteiger charge is -2.22. The molecule has 0 amide bonds. The quantitative estimate of drug-likeness (QED) is 0.625. The summed E-state index contributed by atoms with van der Waals surface area (Å²) < 4.78 is 18.6. The van der Waals surface area contributed by atoms with E-state index in [1.807, 2.05) is 0 Å². The Morgan fingerprint density at radius 1 is 1.28 bits per heavy atom. The third-order valence-electron chi connectivity index (χ3n) is 3.34. The minimum absolute atomic E-state index is 0.309. The van der Waals surface area contributed by atoms with Crippen molar-refractivity contribution in [2.75, 3.05) is 24.2 Å². The first-order valence-corrected chi connectivity index (χ1v) is 6.66. The highest BCUT2D eigenvalue weighted by Gasteiger charge is 2.13. The van der Waals surface area contributed by atoms with E-state index >= 15 is 0 Å². The van der Waals surface area contributed by atoms with Gasteiger partial charge >= 0.3 is 0 Å². The van der Waals surface area contributed by atoms with Crippen LogP contribution in [0.1, 0.15) is 32.1 Å². The van der Waals surface area contributed by atoms with Crippen molar-refractivity contribution >= 4 is 11.4 Å². The largest absolute Gasteiger partial charge is 0.397 e. The van der Waals surface area contributed by atoms with E-state index in [9.17, 15) is 4.39 Å². The van der Waals surface area contributed by atoms with Crippen LogP contribution in [0.2, 0.25) is 0 Å². The van der Waals surface area contributed by atoms with Gasteiger partial charge in [-0.3, -0.25) is 0 Å². The lowest BCUT2D eigenvalue weighted by atomic mass is 9.98. The van der Waals surface area contributed by atoms with Crippen molar-refractivity contribution in [1.29, 1.82) is 0 Å². The molecule has 1 fully saturated rings. The maximum atomic E-state index is 12.8. The van der Waals surface area contributed by atoms with Crippen LogP contribution in [-0.4, -0.2) is 19.3 Å². The van der Waals surface area contributed by atoms with Crippen LogP contribution in [0.15, 0.2) is 18.2 Å². The van der Waals surface area contributed by atoms with Crippen LogP contribution in [-0.2, 0) is 4.74 Å². The van der Waals surface area contributed by atoms with E-state index in [-0.39, 0.29) is 5.82 Å². The number of ether oxygens (including phenoxy) is 1. The summed E-state index contributed by atoms with van der Waals surface area (Å²) in [4.78, 5) is 0. The Morgan fingerprint density at radius 2 is 2.06 bits per heavy atom. The van der Waals surface area contributed by atoms with Crippen molar-refractivity contribution in [2.45, 2.75) is 38.2 Å². The van der Waals surface area contributed by atoms with Crippen molar-refractivity contribution in [3.8, 4) is 0 Å². The highest BCUT2D eigenvalue weighted by Crippen LogP contribution is 2.21. The zero-order chi connectivity index (χ0) is 12.8. The van der Waals surface area contributed by atoms with Gasteiger partial charge in [-0.25, -0.2) is 4.39 Å². The fraction of sp³-hybridized carbons (Fsp3) is 0.571.